The predicted octanol–water partition coefficient (Wildman–Crippen LogP) is 3.76. The zero-order chi connectivity index (χ0) is 13.8. The van der Waals surface area contributed by atoms with Gasteiger partial charge >= 0.3 is 0 Å². The van der Waals surface area contributed by atoms with E-state index in [0.29, 0.717) is 16.8 Å². The molecular weight excluding hydrogens is 234 g/mol. The van der Waals surface area contributed by atoms with Crippen LogP contribution >= 0.6 is 0 Å². The second-order valence-electron chi connectivity index (χ2n) is 4.87. The summed E-state index contributed by atoms with van der Waals surface area (Å²) in [5.41, 5.74) is 10.0. The van der Waals surface area contributed by atoms with Crippen LogP contribution in [-0.2, 0) is 6.42 Å². The molecule has 0 aromatic heterocycles. The molecule has 0 fully saturated rings. The second kappa shape index (κ2) is 5.70. The van der Waals surface area contributed by atoms with E-state index in [1.54, 1.807) is 6.07 Å². The molecule has 0 aliphatic carbocycles. The Balaban J connectivity index is 2.30. The van der Waals surface area contributed by atoms with E-state index in [9.17, 15) is 4.79 Å². The highest BCUT2D eigenvalue weighted by molar-refractivity contribution is 6.12. The molecule has 2 nitrogen and oxygen atoms in total. The van der Waals surface area contributed by atoms with Crippen molar-refractivity contribution in [3.05, 3.63) is 64.7 Å². The largest absolute Gasteiger partial charge is 0.398 e. The first-order chi connectivity index (χ1) is 9.11. The van der Waals surface area contributed by atoms with Crippen LogP contribution in [-0.4, -0.2) is 5.78 Å². The lowest BCUT2D eigenvalue weighted by atomic mass is 9.98. The van der Waals surface area contributed by atoms with Crippen molar-refractivity contribution >= 4 is 11.5 Å². The highest BCUT2D eigenvalue weighted by Gasteiger charge is 2.12. The van der Waals surface area contributed by atoms with E-state index in [4.69, 9.17) is 5.73 Å². The summed E-state index contributed by atoms with van der Waals surface area (Å²) in [5, 5.41) is 0. The van der Waals surface area contributed by atoms with Gasteiger partial charge < -0.3 is 5.73 Å². The fourth-order valence-corrected chi connectivity index (χ4v) is 2.13. The van der Waals surface area contributed by atoms with Crippen molar-refractivity contribution in [3.8, 4) is 0 Å². The molecule has 0 saturated carbocycles. The van der Waals surface area contributed by atoms with Gasteiger partial charge in [0.25, 0.3) is 0 Å². The molecule has 0 atom stereocenters. The normalized spacial score (nSPS) is 10.4. The Bertz CT molecular complexity index is 585. The number of rotatable bonds is 4. The molecule has 2 heteroatoms. The molecule has 0 bridgehead atoms. The minimum absolute atomic E-state index is 0.00996. The number of nitrogens with two attached hydrogens (primary N) is 1. The van der Waals surface area contributed by atoms with E-state index >= 15 is 0 Å². The van der Waals surface area contributed by atoms with Crippen molar-refractivity contribution in [2.24, 2.45) is 0 Å². The number of carbonyl (C=O) groups is 1. The minimum Gasteiger partial charge on any atom is -0.398 e. The second-order valence-corrected chi connectivity index (χ2v) is 4.87. The van der Waals surface area contributed by atoms with Crippen LogP contribution in [0.1, 0.15) is 40.4 Å². The summed E-state index contributed by atoms with van der Waals surface area (Å²) >= 11 is 0. The fourth-order valence-electron chi connectivity index (χ4n) is 2.13. The van der Waals surface area contributed by atoms with Gasteiger partial charge in [-0.05, 0) is 31.0 Å². The zero-order valence-corrected chi connectivity index (χ0v) is 11.4. The third-order valence-electron chi connectivity index (χ3n) is 3.21. The third-order valence-corrected chi connectivity index (χ3v) is 3.21. The molecule has 0 saturated heterocycles. The van der Waals surface area contributed by atoms with E-state index < -0.39 is 0 Å². The Labute approximate surface area is 114 Å². The molecule has 0 radical (unpaired) electrons. The highest BCUT2D eigenvalue weighted by atomic mass is 16.1. The molecule has 19 heavy (non-hydrogen) atoms. The van der Waals surface area contributed by atoms with Crippen molar-refractivity contribution in [1.82, 2.24) is 0 Å². The number of carbonyl (C=O) groups excluding carboxylic acids is 1. The van der Waals surface area contributed by atoms with Gasteiger partial charge in [0.05, 0.1) is 0 Å². The zero-order valence-electron chi connectivity index (χ0n) is 11.4. The number of hydrogen-bond donors (Lipinski definition) is 1. The van der Waals surface area contributed by atoms with Gasteiger partial charge in [0.2, 0.25) is 0 Å². The van der Waals surface area contributed by atoms with Crippen molar-refractivity contribution in [2.45, 2.75) is 26.7 Å². The lowest BCUT2D eigenvalue weighted by molar-refractivity contribution is 0.103. The van der Waals surface area contributed by atoms with E-state index in [-0.39, 0.29) is 5.78 Å². The minimum atomic E-state index is -0.00996. The number of aryl methyl sites for hydroxylation is 2. The summed E-state index contributed by atoms with van der Waals surface area (Å²) in [6, 6.07) is 13.3. The average molecular weight is 253 g/mol. The summed E-state index contributed by atoms with van der Waals surface area (Å²) in [4.78, 5) is 12.4. The lowest BCUT2D eigenvalue weighted by Gasteiger charge is -2.07. The summed E-state index contributed by atoms with van der Waals surface area (Å²) in [6.07, 6.45) is 2.15. The number of hydrogen-bond acceptors (Lipinski definition) is 2. The van der Waals surface area contributed by atoms with Crippen molar-refractivity contribution in [1.29, 1.82) is 0 Å². The van der Waals surface area contributed by atoms with Crippen LogP contribution in [0.2, 0.25) is 0 Å². The number of anilines is 1. The van der Waals surface area contributed by atoms with Crippen LogP contribution in [0.3, 0.4) is 0 Å². The fraction of sp³-hybridized carbons (Fsp3) is 0.235. The quantitative estimate of drug-likeness (QED) is 0.666. The van der Waals surface area contributed by atoms with Crippen LogP contribution in [0.5, 0.6) is 0 Å². The van der Waals surface area contributed by atoms with Crippen LogP contribution in [0.15, 0.2) is 42.5 Å². The Morgan fingerprint density at radius 1 is 1.11 bits per heavy atom. The molecule has 0 spiro atoms. The van der Waals surface area contributed by atoms with Gasteiger partial charge in [-0.3, -0.25) is 4.79 Å². The number of nitrogen functional groups attached to an aromatic ring is 1. The van der Waals surface area contributed by atoms with E-state index in [0.717, 1.165) is 18.4 Å². The molecule has 0 amide bonds. The lowest BCUT2D eigenvalue weighted by Crippen LogP contribution is -2.05. The summed E-state index contributed by atoms with van der Waals surface area (Å²) in [7, 11) is 0. The van der Waals surface area contributed by atoms with Gasteiger partial charge in [-0.1, -0.05) is 49.2 Å². The van der Waals surface area contributed by atoms with Crippen LogP contribution < -0.4 is 5.73 Å². The number of ketones is 1. The van der Waals surface area contributed by atoms with Gasteiger partial charge in [0.15, 0.2) is 5.78 Å². The van der Waals surface area contributed by atoms with Crippen LogP contribution in [0.25, 0.3) is 0 Å². The molecule has 98 valence electrons. The Hall–Kier alpha value is -2.09. The van der Waals surface area contributed by atoms with E-state index in [1.165, 1.54) is 5.56 Å². The first-order valence-electron chi connectivity index (χ1n) is 6.61. The van der Waals surface area contributed by atoms with Crippen LogP contribution in [0.4, 0.5) is 5.69 Å². The molecule has 0 heterocycles. The summed E-state index contributed by atoms with van der Waals surface area (Å²) < 4.78 is 0. The van der Waals surface area contributed by atoms with Gasteiger partial charge in [-0.25, -0.2) is 0 Å². The van der Waals surface area contributed by atoms with E-state index in [2.05, 4.69) is 6.92 Å². The maximum Gasteiger partial charge on any atom is 0.195 e. The summed E-state index contributed by atoms with van der Waals surface area (Å²) in [5.74, 6) is -0.00996. The molecule has 2 rings (SSSR count). The Kier molecular flexibility index (Phi) is 4.00. The monoisotopic (exact) mass is 253 g/mol. The van der Waals surface area contributed by atoms with Gasteiger partial charge in [-0.15, -0.1) is 0 Å². The van der Waals surface area contributed by atoms with Gasteiger partial charge in [-0.2, -0.15) is 0 Å². The maximum atomic E-state index is 12.4. The first kappa shape index (κ1) is 13.3. The topological polar surface area (TPSA) is 43.1 Å². The Morgan fingerprint density at radius 3 is 2.42 bits per heavy atom. The number of benzene rings is 2. The molecule has 0 unspecified atom stereocenters. The smallest absolute Gasteiger partial charge is 0.195 e. The SMILES string of the molecule is CCCc1ccc(C(=O)c2cc(C)ccc2N)cc1. The van der Waals surface area contributed by atoms with Crippen molar-refractivity contribution < 1.29 is 4.79 Å². The summed E-state index contributed by atoms with van der Waals surface area (Å²) in [6.45, 7) is 4.10. The highest BCUT2D eigenvalue weighted by Crippen LogP contribution is 2.19. The van der Waals surface area contributed by atoms with Gasteiger partial charge in [0, 0.05) is 16.8 Å². The molecule has 2 N–H and O–H groups in total. The van der Waals surface area contributed by atoms with Crippen molar-refractivity contribution in [3.63, 3.8) is 0 Å². The molecule has 0 aliphatic heterocycles. The standard InChI is InChI=1S/C17H19NO/c1-3-4-13-6-8-14(9-7-13)17(19)15-11-12(2)5-10-16(15)18/h5-11H,3-4,18H2,1-2H3. The molecule has 2 aromatic carbocycles. The van der Waals surface area contributed by atoms with E-state index in [1.807, 2.05) is 43.3 Å². The molecular formula is C17H19NO. The van der Waals surface area contributed by atoms with Crippen LogP contribution in [0, 0.1) is 6.92 Å². The average Bonchev–Trinajstić information content (AvgIpc) is 2.42. The third kappa shape index (κ3) is 3.02. The molecule has 0 aliphatic rings. The predicted molar refractivity (Wildman–Crippen MR) is 79.5 cm³/mol. The van der Waals surface area contributed by atoms with Crippen molar-refractivity contribution in [2.75, 3.05) is 5.73 Å². The maximum absolute atomic E-state index is 12.4. The molecule has 2 aromatic rings. The Morgan fingerprint density at radius 2 is 1.79 bits per heavy atom. The first-order valence-corrected chi connectivity index (χ1v) is 6.61. The van der Waals surface area contributed by atoms with Gasteiger partial charge in [0.1, 0.15) is 0 Å².